The topological polar surface area (TPSA) is 111 Å². The third kappa shape index (κ3) is 3.40. The fourth-order valence-electron chi connectivity index (χ4n) is 1.59. The summed E-state index contributed by atoms with van der Waals surface area (Å²) >= 11 is 5.99. The van der Waals surface area contributed by atoms with E-state index < -0.39 is 4.92 Å². The van der Waals surface area contributed by atoms with Gasteiger partial charge in [-0.3, -0.25) is 10.1 Å². The highest BCUT2D eigenvalue weighted by Gasteiger charge is 2.09. The van der Waals surface area contributed by atoms with Crippen LogP contribution >= 0.6 is 11.6 Å². The van der Waals surface area contributed by atoms with E-state index in [9.17, 15) is 10.1 Å². The minimum absolute atomic E-state index is 0.0253. The van der Waals surface area contributed by atoms with Crippen LogP contribution in [0.4, 0.5) is 5.69 Å². The van der Waals surface area contributed by atoms with Crippen LogP contribution in [0.15, 0.2) is 47.6 Å². The van der Waals surface area contributed by atoms with E-state index in [1.54, 1.807) is 6.07 Å². The van der Waals surface area contributed by atoms with Gasteiger partial charge in [0.2, 0.25) is 0 Å². The van der Waals surface area contributed by atoms with Crippen LogP contribution in [-0.2, 0) is 0 Å². The standard InChI is InChI=1S/C13H10ClN3O4/c14-12-7-10(5-6-11(12)13(15)16-18)21-9-3-1-8(2-4-9)17(19)20/h1-7,18H,(H2,15,16). The average Bonchev–Trinajstić information content (AvgIpc) is 2.47. The summed E-state index contributed by atoms with van der Waals surface area (Å²) in [6, 6.07) is 10.2. The van der Waals surface area contributed by atoms with Crippen LogP contribution in [0.25, 0.3) is 0 Å². The van der Waals surface area contributed by atoms with Gasteiger partial charge in [0.25, 0.3) is 5.69 Å². The van der Waals surface area contributed by atoms with Crippen molar-refractivity contribution in [1.82, 2.24) is 0 Å². The maximum Gasteiger partial charge on any atom is 0.269 e. The molecular formula is C13H10ClN3O4. The van der Waals surface area contributed by atoms with Gasteiger partial charge in [-0.1, -0.05) is 16.8 Å². The van der Waals surface area contributed by atoms with Crippen molar-refractivity contribution in [3.05, 3.63) is 63.2 Å². The number of rotatable bonds is 4. The second-order valence-electron chi connectivity index (χ2n) is 3.98. The second kappa shape index (κ2) is 6.10. The predicted octanol–water partition coefficient (Wildman–Crippen LogP) is 3.14. The molecule has 0 unspecified atom stereocenters. The maximum absolute atomic E-state index is 10.5. The van der Waals surface area contributed by atoms with Crippen molar-refractivity contribution < 1.29 is 14.9 Å². The Morgan fingerprint density at radius 1 is 1.24 bits per heavy atom. The Balaban J connectivity index is 2.20. The second-order valence-corrected chi connectivity index (χ2v) is 4.39. The van der Waals surface area contributed by atoms with Crippen LogP contribution in [0.5, 0.6) is 11.5 Å². The number of amidine groups is 1. The molecule has 8 heteroatoms. The summed E-state index contributed by atoms with van der Waals surface area (Å²) in [6.07, 6.45) is 0. The molecule has 0 atom stereocenters. The van der Waals surface area contributed by atoms with Gasteiger partial charge in [-0.15, -0.1) is 0 Å². The summed E-state index contributed by atoms with van der Waals surface area (Å²) in [6.45, 7) is 0. The Hall–Kier alpha value is -2.80. The number of ether oxygens (including phenoxy) is 1. The molecule has 21 heavy (non-hydrogen) atoms. The van der Waals surface area contributed by atoms with Gasteiger partial charge in [-0.05, 0) is 24.3 Å². The molecule has 0 aliphatic heterocycles. The molecule has 0 aliphatic carbocycles. The smallest absolute Gasteiger partial charge is 0.269 e. The third-order valence-corrected chi connectivity index (χ3v) is 2.92. The minimum atomic E-state index is -0.494. The molecule has 0 radical (unpaired) electrons. The van der Waals surface area contributed by atoms with Gasteiger partial charge in [0.15, 0.2) is 5.84 Å². The minimum Gasteiger partial charge on any atom is -0.457 e. The van der Waals surface area contributed by atoms with Crippen molar-refractivity contribution in [3.63, 3.8) is 0 Å². The molecule has 7 nitrogen and oxygen atoms in total. The van der Waals surface area contributed by atoms with E-state index in [0.717, 1.165) is 0 Å². The Bertz CT molecular complexity index is 701. The number of hydrogen-bond donors (Lipinski definition) is 2. The molecule has 0 amide bonds. The molecule has 3 N–H and O–H groups in total. The number of hydrogen-bond acceptors (Lipinski definition) is 5. The van der Waals surface area contributed by atoms with Crippen molar-refractivity contribution in [2.75, 3.05) is 0 Å². The third-order valence-electron chi connectivity index (χ3n) is 2.61. The van der Waals surface area contributed by atoms with E-state index in [-0.39, 0.29) is 16.5 Å². The number of benzene rings is 2. The molecular weight excluding hydrogens is 298 g/mol. The van der Waals surface area contributed by atoms with E-state index in [1.807, 2.05) is 0 Å². The largest absolute Gasteiger partial charge is 0.457 e. The molecule has 0 saturated heterocycles. The van der Waals surface area contributed by atoms with Crippen LogP contribution in [0.3, 0.4) is 0 Å². The van der Waals surface area contributed by atoms with Gasteiger partial charge in [-0.25, -0.2) is 0 Å². The van der Waals surface area contributed by atoms with Crippen molar-refractivity contribution in [2.45, 2.75) is 0 Å². The molecule has 2 aromatic rings. The normalized spacial score (nSPS) is 11.2. The van der Waals surface area contributed by atoms with E-state index in [0.29, 0.717) is 17.1 Å². The number of oxime groups is 1. The van der Waals surface area contributed by atoms with Crippen molar-refractivity contribution in [1.29, 1.82) is 0 Å². The van der Waals surface area contributed by atoms with Crippen LogP contribution in [-0.4, -0.2) is 16.0 Å². The van der Waals surface area contributed by atoms with Crippen LogP contribution < -0.4 is 10.5 Å². The lowest BCUT2D eigenvalue weighted by Crippen LogP contribution is -2.13. The molecule has 0 aliphatic rings. The van der Waals surface area contributed by atoms with E-state index in [2.05, 4.69) is 5.16 Å². The summed E-state index contributed by atoms with van der Waals surface area (Å²) in [4.78, 5) is 10.1. The SMILES string of the molecule is NC(=NO)c1ccc(Oc2ccc([N+](=O)[O-])cc2)cc1Cl. The zero-order valence-electron chi connectivity index (χ0n) is 10.6. The van der Waals surface area contributed by atoms with E-state index in [4.69, 9.17) is 27.3 Å². The number of nitrogens with two attached hydrogens (primary N) is 1. The lowest BCUT2D eigenvalue weighted by atomic mass is 10.2. The van der Waals surface area contributed by atoms with Gasteiger partial charge >= 0.3 is 0 Å². The molecule has 0 fully saturated rings. The van der Waals surface area contributed by atoms with E-state index >= 15 is 0 Å². The van der Waals surface area contributed by atoms with Gasteiger partial charge in [0.05, 0.1) is 9.95 Å². The first-order valence-corrected chi connectivity index (χ1v) is 6.09. The van der Waals surface area contributed by atoms with Crippen molar-refractivity contribution in [3.8, 4) is 11.5 Å². The lowest BCUT2D eigenvalue weighted by Gasteiger charge is -2.08. The Morgan fingerprint density at radius 3 is 2.38 bits per heavy atom. The number of non-ortho nitro benzene ring substituents is 1. The Morgan fingerprint density at radius 2 is 1.86 bits per heavy atom. The first-order valence-electron chi connectivity index (χ1n) is 5.71. The summed E-state index contributed by atoms with van der Waals surface area (Å²) in [7, 11) is 0. The highest BCUT2D eigenvalue weighted by Crippen LogP contribution is 2.27. The van der Waals surface area contributed by atoms with Crippen molar-refractivity contribution >= 4 is 23.1 Å². The average molecular weight is 308 g/mol. The summed E-state index contributed by atoms with van der Waals surface area (Å²) in [5, 5.41) is 22.3. The molecule has 2 aromatic carbocycles. The summed E-state index contributed by atoms with van der Waals surface area (Å²) < 4.78 is 5.51. The molecule has 2 rings (SSSR count). The lowest BCUT2D eigenvalue weighted by molar-refractivity contribution is -0.384. The molecule has 0 heterocycles. The predicted molar refractivity (Wildman–Crippen MR) is 77.1 cm³/mol. The van der Waals surface area contributed by atoms with E-state index in [1.165, 1.54) is 36.4 Å². The maximum atomic E-state index is 10.5. The van der Waals surface area contributed by atoms with Gasteiger partial charge in [0.1, 0.15) is 11.5 Å². The summed E-state index contributed by atoms with van der Waals surface area (Å²) in [5.74, 6) is 0.735. The molecule has 0 saturated carbocycles. The van der Waals surface area contributed by atoms with Gasteiger partial charge in [-0.2, -0.15) is 0 Å². The number of halogens is 1. The molecule has 108 valence electrons. The Kier molecular flexibility index (Phi) is 4.24. The fourth-order valence-corrected chi connectivity index (χ4v) is 1.86. The summed E-state index contributed by atoms with van der Waals surface area (Å²) in [5.41, 5.74) is 5.80. The number of nitro benzene ring substituents is 1. The first-order chi connectivity index (χ1) is 10.0. The molecule has 0 spiro atoms. The monoisotopic (exact) mass is 307 g/mol. The van der Waals surface area contributed by atoms with Crippen molar-refractivity contribution in [2.24, 2.45) is 10.9 Å². The molecule has 0 bridgehead atoms. The highest BCUT2D eigenvalue weighted by atomic mass is 35.5. The van der Waals surface area contributed by atoms with Gasteiger partial charge < -0.3 is 15.7 Å². The zero-order chi connectivity index (χ0) is 15.4. The zero-order valence-corrected chi connectivity index (χ0v) is 11.3. The van der Waals surface area contributed by atoms with Crippen LogP contribution in [0.2, 0.25) is 5.02 Å². The van der Waals surface area contributed by atoms with Gasteiger partial charge in [0, 0.05) is 23.8 Å². The number of nitrogens with zero attached hydrogens (tertiary/aromatic N) is 2. The first kappa shape index (κ1) is 14.6. The molecule has 0 aromatic heterocycles. The highest BCUT2D eigenvalue weighted by molar-refractivity contribution is 6.34. The quantitative estimate of drug-likeness (QED) is 0.296. The Labute approximate surface area is 124 Å². The van der Waals surface area contributed by atoms with Crippen LogP contribution in [0, 0.1) is 10.1 Å². The fraction of sp³-hybridized carbons (Fsp3) is 0. The van der Waals surface area contributed by atoms with Crippen LogP contribution in [0.1, 0.15) is 5.56 Å². The number of nitro groups is 1.